The lowest BCUT2D eigenvalue weighted by atomic mass is 9.47. The van der Waals surface area contributed by atoms with Crippen molar-refractivity contribution in [3.8, 4) is 11.5 Å². The molecule has 0 aromatic heterocycles. The van der Waals surface area contributed by atoms with Crippen molar-refractivity contribution in [2.24, 2.45) is 16.9 Å². The lowest BCUT2D eigenvalue weighted by Gasteiger charge is -2.52. The zero-order chi connectivity index (χ0) is 30.4. The molecule has 1 aliphatic heterocycles. The monoisotopic (exact) mass is 585 g/mol. The van der Waals surface area contributed by atoms with Crippen molar-refractivity contribution < 1.29 is 23.9 Å². The number of methoxy groups -OCH3 is 1. The van der Waals surface area contributed by atoms with Gasteiger partial charge in [0, 0.05) is 17.7 Å². The second-order valence-electron chi connectivity index (χ2n) is 11.3. The summed E-state index contributed by atoms with van der Waals surface area (Å²) in [5.74, 6) is -1.39. The quantitative estimate of drug-likeness (QED) is 0.169. The van der Waals surface area contributed by atoms with E-state index >= 15 is 0 Å². The van der Waals surface area contributed by atoms with E-state index in [1.54, 1.807) is 54.7 Å². The normalized spacial score (nSPS) is 22.9. The summed E-state index contributed by atoms with van der Waals surface area (Å²) in [6.45, 7) is 2.62. The molecule has 4 aromatic rings. The van der Waals surface area contributed by atoms with E-state index in [0.717, 1.165) is 28.7 Å². The summed E-state index contributed by atoms with van der Waals surface area (Å²) in [7, 11) is 1.54. The molecule has 1 heterocycles. The summed E-state index contributed by atoms with van der Waals surface area (Å²) in [6, 6.07) is 29.8. The third-order valence-electron chi connectivity index (χ3n) is 9.02. The maximum absolute atomic E-state index is 14.5. The fourth-order valence-electron chi connectivity index (χ4n) is 7.24. The zero-order valence-electron chi connectivity index (χ0n) is 24.4. The highest BCUT2D eigenvalue weighted by Gasteiger charge is 2.68. The second kappa shape index (κ2) is 10.8. The number of carbonyl (C=O) groups is 3. The Balaban J connectivity index is 1.33. The molecule has 0 saturated carbocycles. The van der Waals surface area contributed by atoms with Crippen LogP contribution in [0.3, 0.4) is 0 Å². The second-order valence-corrected chi connectivity index (χ2v) is 11.3. The molecule has 1 N–H and O–H groups in total. The fraction of sp³-hybridized carbons (Fsp3) is 0.222. The van der Waals surface area contributed by atoms with Crippen LogP contribution in [0.1, 0.15) is 51.9 Å². The van der Waals surface area contributed by atoms with Gasteiger partial charge in [-0.2, -0.15) is 5.10 Å². The Bertz CT molecular complexity index is 1770. The van der Waals surface area contributed by atoms with Crippen LogP contribution in [0.15, 0.2) is 102 Å². The van der Waals surface area contributed by atoms with Gasteiger partial charge in [-0.25, -0.2) is 10.3 Å². The largest absolute Gasteiger partial charge is 0.497 e. The van der Waals surface area contributed by atoms with Crippen molar-refractivity contribution in [1.82, 2.24) is 5.43 Å². The molecule has 44 heavy (non-hydrogen) atoms. The van der Waals surface area contributed by atoms with E-state index in [1.807, 2.05) is 55.5 Å². The van der Waals surface area contributed by atoms with Crippen LogP contribution in [-0.4, -0.2) is 37.7 Å². The number of rotatable bonds is 8. The first-order chi connectivity index (χ1) is 21.5. The minimum atomic E-state index is -1.08. The van der Waals surface area contributed by atoms with Crippen LogP contribution in [0.5, 0.6) is 11.5 Å². The van der Waals surface area contributed by atoms with Gasteiger partial charge in [0.05, 0.1) is 36.7 Å². The lowest BCUT2D eigenvalue weighted by molar-refractivity contribution is -0.122. The van der Waals surface area contributed by atoms with Crippen molar-refractivity contribution in [2.45, 2.75) is 24.7 Å². The highest BCUT2D eigenvalue weighted by atomic mass is 16.5. The number of anilines is 1. The minimum absolute atomic E-state index is 0.241. The highest BCUT2D eigenvalue weighted by molar-refractivity contribution is 6.25. The van der Waals surface area contributed by atoms with Gasteiger partial charge < -0.3 is 9.47 Å². The molecule has 3 amide bonds. The first kappa shape index (κ1) is 27.6. The molecule has 4 aliphatic rings. The molecule has 1 fully saturated rings. The number of imide groups is 1. The smallest absolute Gasteiger partial charge is 0.271 e. The number of nitrogens with one attached hydrogen (secondary N) is 1. The molecular formula is C36H31N3O5. The predicted molar refractivity (Wildman–Crippen MR) is 166 cm³/mol. The van der Waals surface area contributed by atoms with E-state index in [0.29, 0.717) is 29.4 Å². The molecule has 0 radical (unpaired) electrons. The zero-order valence-corrected chi connectivity index (χ0v) is 24.4. The van der Waals surface area contributed by atoms with Gasteiger partial charge in [0.15, 0.2) is 0 Å². The van der Waals surface area contributed by atoms with Gasteiger partial charge >= 0.3 is 0 Å². The molecule has 2 bridgehead atoms. The highest BCUT2D eigenvalue weighted by Crippen LogP contribution is 2.63. The van der Waals surface area contributed by atoms with Gasteiger partial charge in [0.25, 0.3) is 5.91 Å². The number of hydrogen-bond acceptors (Lipinski definition) is 6. The average molecular weight is 586 g/mol. The molecule has 8 rings (SSSR count). The Labute approximate surface area is 255 Å². The number of nitrogens with zero attached hydrogens (tertiary/aromatic N) is 2. The minimum Gasteiger partial charge on any atom is -0.497 e. The molecular weight excluding hydrogens is 554 g/mol. The van der Waals surface area contributed by atoms with Crippen LogP contribution >= 0.6 is 0 Å². The molecule has 1 saturated heterocycles. The molecule has 4 aromatic carbocycles. The van der Waals surface area contributed by atoms with Crippen LogP contribution < -0.4 is 19.8 Å². The first-order valence-corrected chi connectivity index (χ1v) is 14.8. The number of benzene rings is 4. The third-order valence-corrected chi connectivity index (χ3v) is 9.02. The fourth-order valence-corrected chi connectivity index (χ4v) is 7.24. The van der Waals surface area contributed by atoms with Crippen molar-refractivity contribution >= 4 is 29.6 Å². The van der Waals surface area contributed by atoms with Crippen LogP contribution in [-0.2, 0) is 15.0 Å². The number of amides is 3. The maximum atomic E-state index is 14.5. The standard InChI is InChI=1S/C36H31N3O5/c1-3-19-44-24-17-15-23(16-18-24)39-34(41)31-30-26-11-4-6-13-28(26)36(32(31)35(39)42,29-14-7-5-12-27(29)30)21-37-38-33(40)22-9-8-10-25(20-22)43-2/h4-18,20-21,30-32H,3,19H2,1-2H3,(H,38,40)/b37-21-/t30?,31-,32-,36?/m1/s1. The van der Waals surface area contributed by atoms with E-state index in [1.165, 1.54) is 12.0 Å². The van der Waals surface area contributed by atoms with E-state index in [-0.39, 0.29) is 17.7 Å². The average Bonchev–Trinajstić information content (AvgIpc) is 3.34. The third kappa shape index (κ3) is 4.05. The number of hydrogen-bond donors (Lipinski definition) is 1. The molecule has 3 aliphatic carbocycles. The molecule has 8 heteroatoms. The predicted octanol–water partition coefficient (Wildman–Crippen LogP) is 5.45. The Morgan fingerprint density at radius 3 is 2.23 bits per heavy atom. The molecule has 0 unspecified atom stereocenters. The van der Waals surface area contributed by atoms with E-state index in [9.17, 15) is 14.4 Å². The van der Waals surface area contributed by atoms with Gasteiger partial charge in [-0.1, -0.05) is 61.5 Å². The Hall–Kier alpha value is -5.24. The number of hydrazone groups is 1. The molecule has 8 nitrogen and oxygen atoms in total. The maximum Gasteiger partial charge on any atom is 0.271 e. The van der Waals surface area contributed by atoms with Gasteiger partial charge in [0.2, 0.25) is 11.8 Å². The summed E-state index contributed by atoms with van der Waals surface area (Å²) >= 11 is 0. The van der Waals surface area contributed by atoms with Crippen molar-refractivity contribution in [1.29, 1.82) is 0 Å². The van der Waals surface area contributed by atoms with E-state index in [4.69, 9.17) is 9.47 Å². The van der Waals surface area contributed by atoms with Crippen LogP contribution in [0.2, 0.25) is 0 Å². The van der Waals surface area contributed by atoms with Crippen LogP contribution in [0.25, 0.3) is 0 Å². The SMILES string of the molecule is CCCOc1ccc(N2C(=O)[C@@H]3C4c5ccccc5C(/C=N\NC(=O)c5cccc(OC)c5)(c5ccccc54)[C@H]3C2=O)cc1. The summed E-state index contributed by atoms with van der Waals surface area (Å²) < 4.78 is 11.0. The summed E-state index contributed by atoms with van der Waals surface area (Å²) in [5, 5.41) is 4.49. The lowest BCUT2D eigenvalue weighted by Crippen LogP contribution is -2.54. The topological polar surface area (TPSA) is 97.3 Å². The van der Waals surface area contributed by atoms with Gasteiger partial charge in [0.1, 0.15) is 11.5 Å². The van der Waals surface area contributed by atoms with Crippen molar-refractivity contribution in [3.63, 3.8) is 0 Å². The number of carbonyl (C=O) groups excluding carboxylic acids is 3. The summed E-state index contributed by atoms with van der Waals surface area (Å²) in [6.07, 6.45) is 2.53. The molecule has 220 valence electrons. The molecule has 0 spiro atoms. The van der Waals surface area contributed by atoms with E-state index < -0.39 is 23.2 Å². The van der Waals surface area contributed by atoms with Crippen LogP contribution in [0, 0.1) is 11.8 Å². The Morgan fingerprint density at radius 1 is 0.886 bits per heavy atom. The summed E-state index contributed by atoms with van der Waals surface area (Å²) in [5.41, 5.74) is 6.27. The van der Waals surface area contributed by atoms with Gasteiger partial charge in [-0.15, -0.1) is 0 Å². The van der Waals surface area contributed by atoms with Crippen LogP contribution in [0.4, 0.5) is 5.69 Å². The Kier molecular flexibility index (Phi) is 6.77. The van der Waals surface area contributed by atoms with E-state index in [2.05, 4.69) is 10.5 Å². The van der Waals surface area contributed by atoms with Gasteiger partial charge in [-0.05, 0) is 71.1 Å². The van der Waals surface area contributed by atoms with Crippen molar-refractivity contribution in [2.75, 3.05) is 18.6 Å². The summed E-state index contributed by atoms with van der Waals surface area (Å²) in [4.78, 5) is 43.3. The molecule has 2 atom stereocenters. The number of ether oxygens (including phenoxy) is 2. The van der Waals surface area contributed by atoms with Crippen molar-refractivity contribution in [3.05, 3.63) is 125 Å². The first-order valence-electron chi connectivity index (χ1n) is 14.8. The Morgan fingerprint density at radius 2 is 1.57 bits per heavy atom. The van der Waals surface area contributed by atoms with Gasteiger partial charge in [-0.3, -0.25) is 14.4 Å².